The van der Waals surface area contributed by atoms with Crippen LogP contribution in [0.4, 0.5) is 5.13 Å². The van der Waals surface area contributed by atoms with Crippen molar-refractivity contribution < 1.29 is 14.7 Å². The Labute approximate surface area is 132 Å². The van der Waals surface area contributed by atoms with Crippen molar-refractivity contribution in [3.05, 3.63) is 23.8 Å². The Morgan fingerprint density at radius 1 is 1.27 bits per heavy atom. The van der Waals surface area contributed by atoms with Crippen LogP contribution in [0, 0.1) is 18.8 Å². The van der Waals surface area contributed by atoms with Gasteiger partial charge < -0.3 is 10.4 Å². The first-order valence-electron chi connectivity index (χ1n) is 7.46. The summed E-state index contributed by atoms with van der Waals surface area (Å²) in [5.41, 5.74) is 1.96. The fourth-order valence-corrected chi connectivity index (χ4v) is 4.02. The summed E-state index contributed by atoms with van der Waals surface area (Å²) in [4.78, 5) is 28.2. The summed E-state index contributed by atoms with van der Waals surface area (Å²) >= 11 is 1.42. The average Bonchev–Trinajstić information content (AvgIpc) is 2.91. The van der Waals surface area contributed by atoms with Gasteiger partial charge in [0.15, 0.2) is 5.13 Å². The van der Waals surface area contributed by atoms with E-state index in [4.69, 9.17) is 0 Å². The van der Waals surface area contributed by atoms with Crippen LogP contribution in [0.5, 0.6) is 0 Å². The molecule has 5 nitrogen and oxygen atoms in total. The molecule has 1 fully saturated rings. The van der Waals surface area contributed by atoms with Crippen molar-refractivity contribution in [3.8, 4) is 0 Å². The van der Waals surface area contributed by atoms with Crippen molar-refractivity contribution in [2.24, 2.45) is 11.8 Å². The normalized spacial score (nSPS) is 21.7. The fraction of sp³-hybridized carbons (Fsp3) is 0.438. The van der Waals surface area contributed by atoms with E-state index in [1.807, 2.05) is 25.1 Å². The molecule has 1 heterocycles. The van der Waals surface area contributed by atoms with Crippen LogP contribution in [0.2, 0.25) is 0 Å². The molecule has 1 aliphatic rings. The van der Waals surface area contributed by atoms with Crippen LogP contribution in [0.15, 0.2) is 18.2 Å². The number of carbonyl (C=O) groups excluding carboxylic acids is 1. The van der Waals surface area contributed by atoms with Gasteiger partial charge in [-0.05, 0) is 31.4 Å². The summed E-state index contributed by atoms with van der Waals surface area (Å²) in [5, 5.41) is 12.6. The summed E-state index contributed by atoms with van der Waals surface area (Å²) in [5.74, 6) is -2.13. The van der Waals surface area contributed by atoms with Crippen molar-refractivity contribution >= 4 is 38.6 Å². The highest BCUT2D eigenvalue weighted by molar-refractivity contribution is 7.22. The second-order valence-electron chi connectivity index (χ2n) is 5.77. The van der Waals surface area contributed by atoms with Gasteiger partial charge in [-0.25, -0.2) is 4.98 Å². The molecule has 2 aromatic rings. The molecule has 1 aromatic carbocycles. The lowest BCUT2D eigenvalue weighted by molar-refractivity contribution is -0.147. The minimum Gasteiger partial charge on any atom is -0.481 e. The minimum atomic E-state index is -0.875. The molecule has 116 valence electrons. The van der Waals surface area contributed by atoms with Crippen LogP contribution in [0.3, 0.4) is 0 Å². The fourth-order valence-electron chi connectivity index (χ4n) is 3.08. The van der Waals surface area contributed by atoms with Gasteiger partial charge in [-0.3, -0.25) is 9.59 Å². The molecule has 0 aliphatic heterocycles. The predicted octanol–water partition coefficient (Wildman–Crippen LogP) is 3.43. The van der Waals surface area contributed by atoms with Crippen LogP contribution in [-0.2, 0) is 9.59 Å². The molecule has 2 atom stereocenters. The predicted molar refractivity (Wildman–Crippen MR) is 86.1 cm³/mol. The number of hydrogen-bond acceptors (Lipinski definition) is 4. The quantitative estimate of drug-likeness (QED) is 0.908. The van der Waals surface area contributed by atoms with Crippen molar-refractivity contribution in [2.75, 3.05) is 5.32 Å². The molecule has 1 saturated carbocycles. The SMILES string of the molecule is Cc1cccc2sc(NC(=O)[C@@H]3CCCC[C@@H]3C(=O)O)nc12. The molecule has 0 spiro atoms. The van der Waals surface area contributed by atoms with Gasteiger partial charge in [0.1, 0.15) is 0 Å². The molecule has 2 N–H and O–H groups in total. The van der Waals surface area contributed by atoms with Gasteiger partial charge in [0.25, 0.3) is 0 Å². The number of aromatic nitrogens is 1. The van der Waals surface area contributed by atoms with E-state index in [-0.39, 0.29) is 5.91 Å². The third-order valence-electron chi connectivity index (χ3n) is 4.27. The topological polar surface area (TPSA) is 79.3 Å². The molecule has 0 bridgehead atoms. The van der Waals surface area contributed by atoms with E-state index < -0.39 is 17.8 Å². The van der Waals surface area contributed by atoms with E-state index in [9.17, 15) is 14.7 Å². The molecule has 6 heteroatoms. The Balaban J connectivity index is 1.80. The first-order chi connectivity index (χ1) is 10.6. The third kappa shape index (κ3) is 2.83. The number of fused-ring (bicyclic) bond motifs is 1. The first kappa shape index (κ1) is 15.0. The van der Waals surface area contributed by atoms with E-state index in [0.29, 0.717) is 18.0 Å². The van der Waals surface area contributed by atoms with Gasteiger partial charge in [-0.1, -0.05) is 36.3 Å². The maximum absolute atomic E-state index is 12.4. The standard InChI is InChI=1S/C16H18N2O3S/c1-9-5-4-8-12-13(9)17-16(22-12)18-14(19)10-6-2-3-7-11(10)15(20)21/h4-5,8,10-11H,2-3,6-7H2,1H3,(H,20,21)(H,17,18,19)/t10-,11+/m1/s1. The summed E-state index contributed by atoms with van der Waals surface area (Å²) in [6, 6.07) is 5.91. The van der Waals surface area contributed by atoms with E-state index in [1.165, 1.54) is 11.3 Å². The highest BCUT2D eigenvalue weighted by atomic mass is 32.1. The number of carboxylic acid groups (broad SMARTS) is 1. The Kier molecular flexibility index (Phi) is 4.11. The van der Waals surface area contributed by atoms with Gasteiger partial charge in [0.2, 0.25) is 5.91 Å². The van der Waals surface area contributed by atoms with Gasteiger partial charge in [0, 0.05) is 0 Å². The van der Waals surface area contributed by atoms with E-state index in [0.717, 1.165) is 28.6 Å². The summed E-state index contributed by atoms with van der Waals surface area (Å²) in [7, 11) is 0. The van der Waals surface area contributed by atoms with E-state index in [2.05, 4.69) is 10.3 Å². The number of nitrogens with one attached hydrogen (secondary N) is 1. The Morgan fingerprint density at radius 2 is 2.00 bits per heavy atom. The molecule has 3 rings (SSSR count). The van der Waals surface area contributed by atoms with Crippen molar-refractivity contribution in [2.45, 2.75) is 32.6 Å². The minimum absolute atomic E-state index is 0.219. The maximum atomic E-state index is 12.4. The van der Waals surface area contributed by atoms with Gasteiger partial charge >= 0.3 is 5.97 Å². The Bertz CT molecular complexity index is 725. The first-order valence-corrected chi connectivity index (χ1v) is 8.28. The number of carbonyl (C=O) groups is 2. The Morgan fingerprint density at radius 3 is 2.68 bits per heavy atom. The molecule has 0 saturated heterocycles. The number of nitrogens with zero attached hydrogens (tertiary/aromatic N) is 1. The lowest BCUT2D eigenvalue weighted by atomic mass is 9.79. The second-order valence-corrected chi connectivity index (χ2v) is 6.80. The molecular weight excluding hydrogens is 300 g/mol. The molecule has 0 radical (unpaired) electrons. The van der Waals surface area contributed by atoms with Crippen molar-refractivity contribution in [3.63, 3.8) is 0 Å². The van der Waals surface area contributed by atoms with Crippen molar-refractivity contribution in [1.29, 1.82) is 0 Å². The average molecular weight is 318 g/mol. The van der Waals surface area contributed by atoms with Gasteiger partial charge in [-0.2, -0.15) is 0 Å². The zero-order valence-electron chi connectivity index (χ0n) is 12.3. The lowest BCUT2D eigenvalue weighted by Crippen LogP contribution is -2.36. The zero-order chi connectivity index (χ0) is 15.7. The number of amides is 1. The number of aryl methyl sites for hydroxylation is 1. The van der Waals surface area contributed by atoms with Crippen LogP contribution in [-0.4, -0.2) is 22.0 Å². The number of benzene rings is 1. The molecule has 1 aromatic heterocycles. The highest BCUT2D eigenvalue weighted by Gasteiger charge is 2.36. The number of thiazole rings is 1. The molecule has 1 amide bonds. The van der Waals surface area contributed by atoms with Gasteiger partial charge in [-0.15, -0.1) is 0 Å². The maximum Gasteiger partial charge on any atom is 0.307 e. The summed E-state index contributed by atoms with van der Waals surface area (Å²) in [6.07, 6.45) is 2.99. The second kappa shape index (κ2) is 6.04. The molecule has 22 heavy (non-hydrogen) atoms. The third-order valence-corrected chi connectivity index (χ3v) is 5.21. The van der Waals surface area contributed by atoms with Crippen LogP contribution < -0.4 is 5.32 Å². The lowest BCUT2D eigenvalue weighted by Gasteiger charge is -2.26. The monoisotopic (exact) mass is 318 g/mol. The number of para-hydroxylation sites is 1. The van der Waals surface area contributed by atoms with Gasteiger partial charge in [0.05, 0.1) is 22.1 Å². The summed E-state index contributed by atoms with van der Waals surface area (Å²) in [6.45, 7) is 1.98. The van der Waals surface area contributed by atoms with E-state index in [1.54, 1.807) is 0 Å². The van der Waals surface area contributed by atoms with E-state index >= 15 is 0 Å². The number of hydrogen-bond donors (Lipinski definition) is 2. The van der Waals surface area contributed by atoms with Crippen LogP contribution >= 0.6 is 11.3 Å². The number of rotatable bonds is 3. The van der Waals surface area contributed by atoms with Crippen LogP contribution in [0.1, 0.15) is 31.2 Å². The number of carboxylic acids is 1. The smallest absolute Gasteiger partial charge is 0.307 e. The summed E-state index contributed by atoms with van der Waals surface area (Å²) < 4.78 is 1.02. The number of aliphatic carboxylic acids is 1. The van der Waals surface area contributed by atoms with Crippen molar-refractivity contribution in [1.82, 2.24) is 4.98 Å². The largest absolute Gasteiger partial charge is 0.481 e. The number of anilines is 1. The highest BCUT2D eigenvalue weighted by Crippen LogP contribution is 2.33. The molecule has 0 unspecified atom stereocenters. The Hall–Kier alpha value is -1.95. The van der Waals surface area contributed by atoms with Crippen LogP contribution in [0.25, 0.3) is 10.2 Å². The molecule has 1 aliphatic carbocycles. The zero-order valence-corrected chi connectivity index (χ0v) is 13.2. The molecular formula is C16H18N2O3S.